The normalized spacial score (nSPS) is 13.5. The maximum absolute atomic E-state index is 12.9. The largest absolute Gasteiger partial charge is 0.448 e. The second-order valence-electron chi connectivity index (χ2n) is 7.37. The third-order valence-corrected chi connectivity index (χ3v) is 7.23. The van der Waals surface area contributed by atoms with Crippen molar-refractivity contribution in [2.75, 3.05) is 30.1 Å². The third kappa shape index (κ3) is 6.34. The summed E-state index contributed by atoms with van der Waals surface area (Å²) in [6.45, 7) is 3.72. The SMILES string of the molecule is [B]c1cc(Nc2ncc(-c3ccsc3)c(N[C@H](CC)CO)n2)ccc1S(C)(=O)=NC(=O)OCC. The fraction of sp³-hybridized carbons (Fsp3) is 0.318. The van der Waals surface area contributed by atoms with Crippen molar-refractivity contribution in [3.63, 3.8) is 0 Å². The summed E-state index contributed by atoms with van der Waals surface area (Å²) in [4.78, 5) is 20.9. The van der Waals surface area contributed by atoms with Gasteiger partial charge in [-0.05, 0) is 53.9 Å². The monoisotopic (exact) mass is 499 g/mol. The van der Waals surface area contributed by atoms with Gasteiger partial charge in [0.15, 0.2) is 0 Å². The van der Waals surface area contributed by atoms with E-state index >= 15 is 0 Å². The van der Waals surface area contributed by atoms with Gasteiger partial charge >= 0.3 is 6.09 Å². The van der Waals surface area contributed by atoms with E-state index in [-0.39, 0.29) is 29.6 Å². The first-order valence-corrected chi connectivity index (χ1v) is 13.5. The van der Waals surface area contributed by atoms with Crippen LogP contribution in [0.4, 0.5) is 22.2 Å². The Morgan fingerprint density at radius 2 is 2.15 bits per heavy atom. The number of aliphatic hydroxyl groups is 1. The van der Waals surface area contributed by atoms with Gasteiger partial charge in [0.05, 0.1) is 29.0 Å². The molecule has 2 radical (unpaired) electrons. The van der Waals surface area contributed by atoms with Crippen molar-refractivity contribution in [2.24, 2.45) is 4.36 Å². The zero-order chi connectivity index (χ0) is 24.7. The predicted octanol–water partition coefficient (Wildman–Crippen LogP) is 3.54. The Bertz CT molecular complexity index is 1260. The Hall–Kier alpha value is -2.96. The molecule has 0 aliphatic heterocycles. The van der Waals surface area contributed by atoms with Gasteiger partial charge in [-0.1, -0.05) is 12.4 Å². The molecule has 1 unspecified atom stereocenters. The summed E-state index contributed by atoms with van der Waals surface area (Å²) >= 11 is 1.57. The van der Waals surface area contributed by atoms with Gasteiger partial charge in [-0.15, -0.1) is 4.36 Å². The minimum atomic E-state index is -3.08. The number of hydrogen-bond donors (Lipinski definition) is 3. The Morgan fingerprint density at radius 3 is 2.76 bits per heavy atom. The number of anilines is 3. The highest BCUT2D eigenvalue weighted by Gasteiger charge is 2.16. The van der Waals surface area contributed by atoms with Crippen molar-refractivity contribution < 1.29 is 18.8 Å². The number of nitrogens with zero attached hydrogens (tertiary/aromatic N) is 3. The van der Waals surface area contributed by atoms with Gasteiger partial charge in [0.2, 0.25) is 5.95 Å². The lowest BCUT2D eigenvalue weighted by atomic mass is 9.96. The van der Waals surface area contributed by atoms with Crippen LogP contribution in [0.1, 0.15) is 20.3 Å². The molecule has 3 aromatic rings. The van der Waals surface area contributed by atoms with E-state index in [1.807, 2.05) is 23.8 Å². The smallest absolute Gasteiger partial charge is 0.442 e. The molecule has 12 heteroatoms. The summed E-state index contributed by atoms with van der Waals surface area (Å²) in [6, 6.07) is 6.59. The lowest BCUT2D eigenvalue weighted by Crippen LogP contribution is -2.24. The summed E-state index contributed by atoms with van der Waals surface area (Å²) in [5, 5.41) is 20.0. The summed E-state index contributed by atoms with van der Waals surface area (Å²) in [7, 11) is 3.04. The number of nitrogens with one attached hydrogen (secondary N) is 2. The van der Waals surface area contributed by atoms with Crippen LogP contribution in [-0.4, -0.2) is 58.7 Å². The van der Waals surface area contributed by atoms with Gasteiger partial charge in [0, 0.05) is 28.6 Å². The fourth-order valence-electron chi connectivity index (χ4n) is 3.09. The Balaban J connectivity index is 1.90. The van der Waals surface area contributed by atoms with Crippen LogP contribution in [-0.2, 0) is 14.5 Å². The van der Waals surface area contributed by atoms with E-state index in [4.69, 9.17) is 12.6 Å². The predicted molar refractivity (Wildman–Crippen MR) is 137 cm³/mol. The van der Waals surface area contributed by atoms with Crippen molar-refractivity contribution in [1.82, 2.24) is 9.97 Å². The maximum atomic E-state index is 12.9. The van der Waals surface area contributed by atoms with Crippen LogP contribution in [0.5, 0.6) is 0 Å². The second kappa shape index (κ2) is 11.5. The lowest BCUT2D eigenvalue weighted by Gasteiger charge is -2.18. The van der Waals surface area contributed by atoms with Crippen molar-refractivity contribution in [2.45, 2.75) is 31.2 Å². The number of hydrogen-bond acceptors (Lipinski definition) is 9. The summed E-state index contributed by atoms with van der Waals surface area (Å²) in [6.07, 6.45) is 2.86. The van der Waals surface area contributed by atoms with E-state index in [2.05, 4.69) is 25.0 Å². The molecular weight excluding hydrogens is 473 g/mol. The Labute approximate surface area is 204 Å². The van der Waals surface area contributed by atoms with Gasteiger partial charge < -0.3 is 20.5 Å². The number of benzene rings is 1. The summed E-state index contributed by atoms with van der Waals surface area (Å²) in [5.74, 6) is 0.904. The number of aromatic nitrogens is 2. The van der Waals surface area contributed by atoms with Crippen molar-refractivity contribution in [3.05, 3.63) is 41.2 Å². The molecule has 1 aromatic carbocycles. The molecule has 2 heterocycles. The topological polar surface area (TPSA) is 126 Å². The third-order valence-electron chi connectivity index (χ3n) is 4.87. The van der Waals surface area contributed by atoms with E-state index in [0.29, 0.717) is 17.5 Å². The number of rotatable bonds is 9. The number of ether oxygens (including phenoxy) is 1. The average Bonchev–Trinajstić information content (AvgIpc) is 3.32. The highest BCUT2D eigenvalue weighted by atomic mass is 32.2. The molecule has 0 spiro atoms. The van der Waals surface area contributed by atoms with Crippen molar-refractivity contribution in [1.29, 1.82) is 0 Å². The van der Waals surface area contributed by atoms with Crippen molar-refractivity contribution >= 4 is 57.9 Å². The van der Waals surface area contributed by atoms with Crippen LogP contribution < -0.4 is 16.1 Å². The first-order chi connectivity index (χ1) is 16.3. The van der Waals surface area contributed by atoms with Gasteiger partial charge in [-0.2, -0.15) is 16.3 Å². The van der Waals surface area contributed by atoms with E-state index in [1.165, 1.54) is 6.26 Å². The molecule has 2 aromatic heterocycles. The van der Waals surface area contributed by atoms with E-state index < -0.39 is 15.8 Å². The van der Waals surface area contributed by atoms with Gasteiger partial charge in [-0.3, -0.25) is 0 Å². The molecule has 178 valence electrons. The minimum absolute atomic E-state index is 0.0303. The quantitative estimate of drug-likeness (QED) is 0.382. The van der Waals surface area contributed by atoms with Crippen LogP contribution in [0.3, 0.4) is 0 Å². The number of thiophene rings is 1. The van der Waals surface area contributed by atoms with E-state index in [9.17, 15) is 14.1 Å². The highest BCUT2D eigenvalue weighted by molar-refractivity contribution is 7.93. The van der Waals surface area contributed by atoms with Crippen LogP contribution >= 0.6 is 11.3 Å². The average molecular weight is 499 g/mol. The molecule has 3 rings (SSSR count). The molecule has 2 atom stereocenters. The summed E-state index contributed by atoms with van der Waals surface area (Å²) in [5.41, 5.74) is 2.56. The molecule has 1 amide bonds. The number of amides is 1. The second-order valence-corrected chi connectivity index (χ2v) is 10.4. The standard InChI is InChI=1S/C22H26BN5O4S2/c1-4-15(12-29)25-20-17(14-8-9-33-13-14)11-24-21(27-20)26-16-6-7-19(18(23)10-16)34(3,31)28-22(30)32-5-2/h6-11,13,15,29H,4-5,12H2,1-3H3,(H2,24,25,26,27)/t15-,34?/m1/s1. The van der Waals surface area contributed by atoms with Gasteiger partial charge in [-0.25, -0.2) is 14.0 Å². The Kier molecular flexibility index (Phi) is 8.64. The molecule has 34 heavy (non-hydrogen) atoms. The molecule has 0 aliphatic carbocycles. The number of carbonyl (C=O) groups is 1. The minimum Gasteiger partial charge on any atom is -0.448 e. The Morgan fingerprint density at radius 1 is 1.35 bits per heavy atom. The van der Waals surface area contributed by atoms with E-state index in [1.54, 1.807) is 42.7 Å². The molecule has 0 saturated heterocycles. The number of carbonyl (C=O) groups excluding carboxylic acids is 1. The molecule has 0 saturated carbocycles. The van der Waals surface area contributed by atoms with E-state index in [0.717, 1.165) is 17.5 Å². The molecule has 0 fully saturated rings. The van der Waals surface area contributed by atoms with Crippen LogP contribution in [0, 0.1) is 0 Å². The van der Waals surface area contributed by atoms with Gasteiger partial charge in [0.25, 0.3) is 0 Å². The first kappa shape index (κ1) is 25.7. The zero-order valence-electron chi connectivity index (χ0n) is 19.1. The molecule has 0 aliphatic rings. The van der Waals surface area contributed by atoms with Crippen molar-refractivity contribution in [3.8, 4) is 11.1 Å². The fourth-order valence-corrected chi connectivity index (χ4v) is 5.00. The zero-order valence-corrected chi connectivity index (χ0v) is 20.8. The molecular formula is C22H26BN5O4S2. The lowest BCUT2D eigenvalue weighted by molar-refractivity contribution is 0.164. The number of aliphatic hydroxyl groups excluding tert-OH is 1. The van der Waals surface area contributed by atoms with Crippen LogP contribution in [0.2, 0.25) is 0 Å². The first-order valence-electron chi connectivity index (χ1n) is 10.6. The summed E-state index contributed by atoms with van der Waals surface area (Å²) < 4.78 is 21.3. The van der Waals surface area contributed by atoms with Crippen LogP contribution in [0.15, 0.2) is 50.5 Å². The maximum Gasteiger partial charge on any atom is 0.442 e. The molecule has 0 bridgehead atoms. The van der Waals surface area contributed by atoms with Crippen LogP contribution in [0.25, 0.3) is 11.1 Å². The molecule has 9 nitrogen and oxygen atoms in total. The molecule has 3 N–H and O–H groups in total. The highest BCUT2D eigenvalue weighted by Crippen LogP contribution is 2.30. The van der Waals surface area contributed by atoms with Gasteiger partial charge in [0.1, 0.15) is 13.7 Å².